The molecule has 1 fully saturated rings. The van der Waals surface area contributed by atoms with Gasteiger partial charge < -0.3 is 14.4 Å². The molecule has 2 aromatic carbocycles. The number of carbonyl (C=O) groups is 2. The molecule has 6 heteroatoms. The summed E-state index contributed by atoms with van der Waals surface area (Å²) in [5.74, 6) is 0.115. The third-order valence-corrected chi connectivity index (χ3v) is 6.51. The second kappa shape index (κ2) is 8.79. The van der Waals surface area contributed by atoms with E-state index in [9.17, 15) is 14.7 Å². The number of carboxylic acids is 1. The Balaban J connectivity index is 1.47. The number of benzene rings is 2. The van der Waals surface area contributed by atoms with Gasteiger partial charge in [0.15, 0.2) is 0 Å². The highest BCUT2D eigenvalue weighted by Crippen LogP contribution is 2.32. The first-order valence-corrected chi connectivity index (χ1v) is 10.9. The normalized spacial score (nSPS) is 16.0. The van der Waals surface area contributed by atoms with Crippen LogP contribution in [0.15, 0.2) is 70.2 Å². The SMILES string of the molecule is Cc1cccc(C2CCN(C(=O)c3ccccc3SCc3occc3C(=O)O)C2)c1. The van der Waals surface area contributed by atoms with E-state index < -0.39 is 5.97 Å². The molecule has 1 aliphatic heterocycles. The van der Waals surface area contributed by atoms with Crippen molar-refractivity contribution in [3.05, 3.63) is 88.9 Å². The zero-order valence-electron chi connectivity index (χ0n) is 16.7. The van der Waals surface area contributed by atoms with Crippen LogP contribution in [0, 0.1) is 6.92 Å². The summed E-state index contributed by atoms with van der Waals surface area (Å²) in [5, 5.41) is 9.24. The number of carbonyl (C=O) groups excluding carboxylic acids is 1. The van der Waals surface area contributed by atoms with Crippen LogP contribution >= 0.6 is 11.8 Å². The molecule has 1 amide bonds. The quantitative estimate of drug-likeness (QED) is 0.554. The minimum Gasteiger partial charge on any atom is -0.478 e. The second-order valence-corrected chi connectivity index (χ2v) is 8.52. The van der Waals surface area contributed by atoms with E-state index in [-0.39, 0.29) is 11.5 Å². The number of hydrogen-bond donors (Lipinski definition) is 1. The second-order valence-electron chi connectivity index (χ2n) is 7.50. The van der Waals surface area contributed by atoms with Crippen LogP contribution in [0.5, 0.6) is 0 Å². The van der Waals surface area contributed by atoms with Gasteiger partial charge in [0.25, 0.3) is 5.91 Å². The van der Waals surface area contributed by atoms with E-state index in [4.69, 9.17) is 4.42 Å². The highest BCUT2D eigenvalue weighted by molar-refractivity contribution is 7.98. The van der Waals surface area contributed by atoms with Gasteiger partial charge in [0.2, 0.25) is 0 Å². The first kappa shape index (κ1) is 20.3. The summed E-state index contributed by atoms with van der Waals surface area (Å²) in [4.78, 5) is 27.3. The smallest absolute Gasteiger partial charge is 0.339 e. The molecule has 1 aromatic heterocycles. The van der Waals surface area contributed by atoms with Gasteiger partial charge in [-0.2, -0.15) is 0 Å². The van der Waals surface area contributed by atoms with E-state index in [0.717, 1.165) is 17.9 Å². The highest BCUT2D eigenvalue weighted by Gasteiger charge is 2.29. The molecule has 4 rings (SSSR count). The fraction of sp³-hybridized carbons (Fsp3) is 0.250. The number of likely N-dealkylation sites (tertiary alicyclic amines) is 1. The number of rotatable bonds is 6. The lowest BCUT2D eigenvalue weighted by atomic mass is 9.97. The first-order chi connectivity index (χ1) is 14.5. The molecule has 0 spiro atoms. The number of carboxylic acid groups (broad SMARTS) is 1. The van der Waals surface area contributed by atoms with Gasteiger partial charge in [0.1, 0.15) is 11.3 Å². The molecule has 30 heavy (non-hydrogen) atoms. The zero-order chi connectivity index (χ0) is 21.1. The van der Waals surface area contributed by atoms with Crippen LogP contribution in [-0.4, -0.2) is 35.0 Å². The standard InChI is InChI=1S/C24H23NO4S/c1-16-5-4-6-17(13-16)18-9-11-25(14-18)23(26)20-7-2-3-8-22(20)30-15-21-19(24(27)28)10-12-29-21/h2-8,10,12-13,18H,9,11,14-15H2,1H3,(H,27,28). The Kier molecular flexibility index (Phi) is 5.95. The summed E-state index contributed by atoms with van der Waals surface area (Å²) < 4.78 is 5.32. The molecule has 1 saturated heterocycles. The van der Waals surface area contributed by atoms with E-state index >= 15 is 0 Å². The van der Waals surface area contributed by atoms with Crippen molar-refractivity contribution in [3.8, 4) is 0 Å². The maximum atomic E-state index is 13.2. The molecule has 2 heterocycles. The summed E-state index contributed by atoms with van der Waals surface area (Å²) in [5.41, 5.74) is 3.33. The number of furan rings is 1. The molecule has 1 aliphatic rings. The van der Waals surface area contributed by atoms with Crippen LogP contribution in [0.4, 0.5) is 0 Å². The Morgan fingerprint density at radius 2 is 1.97 bits per heavy atom. The van der Waals surface area contributed by atoms with Crippen molar-refractivity contribution in [3.63, 3.8) is 0 Å². The predicted octanol–water partition coefficient (Wildman–Crippen LogP) is 5.21. The number of aryl methyl sites for hydroxylation is 1. The maximum absolute atomic E-state index is 13.2. The van der Waals surface area contributed by atoms with Crippen LogP contribution in [0.1, 0.15) is 49.9 Å². The fourth-order valence-corrected chi connectivity index (χ4v) is 4.86. The lowest BCUT2D eigenvalue weighted by Gasteiger charge is -2.19. The summed E-state index contributed by atoms with van der Waals surface area (Å²) in [6, 6.07) is 17.4. The van der Waals surface area contributed by atoms with Crippen molar-refractivity contribution < 1.29 is 19.1 Å². The van der Waals surface area contributed by atoms with Crippen LogP contribution in [0.3, 0.4) is 0 Å². The van der Waals surface area contributed by atoms with Gasteiger partial charge in [-0.25, -0.2) is 4.79 Å². The molecule has 1 unspecified atom stereocenters. The van der Waals surface area contributed by atoms with Gasteiger partial charge in [0.05, 0.1) is 17.6 Å². The van der Waals surface area contributed by atoms with Crippen molar-refractivity contribution in [2.75, 3.05) is 13.1 Å². The topological polar surface area (TPSA) is 70.8 Å². The molecule has 1 N–H and O–H groups in total. The van der Waals surface area contributed by atoms with Gasteiger partial charge in [-0.3, -0.25) is 4.79 Å². The number of hydrogen-bond acceptors (Lipinski definition) is 4. The van der Waals surface area contributed by atoms with Crippen LogP contribution in [0.2, 0.25) is 0 Å². The van der Waals surface area contributed by atoms with Gasteiger partial charge in [-0.05, 0) is 37.1 Å². The highest BCUT2D eigenvalue weighted by atomic mass is 32.2. The molecule has 0 bridgehead atoms. The van der Waals surface area contributed by atoms with Crippen molar-refractivity contribution in [2.24, 2.45) is 0 Å². The zero-order valence-corrected chi connectivity index (χ0v) is 17.5. The predicted molar refractivity (Wildman–Crippen MR) is 116 cm³/mol. The van der Waals surface area contributed by atoms with Crippen LogP contribution < -0.4 is 0 Å². The number of nitrogens with zero attached hydrogens (tertiary/aromatic N) is 1. The van der Waals surface area contributed by atoms with Gasteiger partial charge in [-0.15, -0.1) is 11.8 Å². The van der Waals surface area contributed by atoms with Crippen LogP contribution in [0.25, 0.3) is 0 Å². The summed E-state index contributed by atoms with van der Waals surface area (Å²) in [7, 11) is 0. The monoisotopic (exact) mass is 421 g/mol. The average Bonchev–Trinajstić information content (AvgIpc) is 3.42. The van der Waals surface area contributed by atoms with E-state index in [1.807, 2.05) is 29.2 Å². The van der Waals surface area contributed by atoms with Crippen LogP contribution in [-0.2, 0) is 5.75 Å². The Bertz CT molecular complexity index is 1070. The van der Waals surface area contributed by atoms with Crippen molar-refractivity contribution in [1.82, 2.24) is 4.90 Å². The fourth-order valence-electron chi connectivity index (χ4n) is 3.87. The molecular weight excluding hydrogens is 398 g/mol. The van der Waals surface area contributed by atoms with Gasteiger partial charge in [0, 0.05) is 23.9 Å². The lowest BCUT2D eigenvalue weighted by Crippen LogP contribution is -2.28. The minimum absolute atomic E-state index is 0.0196. The van der Waals surface area contributed by atoms with Crippen molar-refractivity contribution in [1.29, 1.82) is 0 Å². The van der Waals surface area contributed by atoms with E-state index in [0.29, 0.717) is 29.5 Å². The third kappa shape index (κ3) is 4.28. The van der Waals surface area contributed by atoms with Crippen molar-refractivity contribution >= 4 is 23.6 Å². The van der Waals surface area contributed by atoms with E-state index in [1.54, 1.807) is 0 Å². The Morgan fingerprint density at radius 1 is 1.13 bits per heavy atom. The third-order valence-electron chi connectivity index (χ3n) is 5.44. The average molecular weight is 422 g/mol. The minimum atomic E-state index is -1.01. The van der Waals surface area contributed by atoms with Crippen molar-refractivity contribution in [2.45, 2.75) is 29.9 Å². The summed E-state index contributed by atoms with van der Waals surface area (Å²) in [6.07, 6.45) is 2.34. The Labute approximate surface area is 179 Å². The number of aromatic carboxylic acids is 1. The Hall–Kier alpha value is -2.99. The maximum Gasteiger partial charge on any atom is 0.339 e. The molecule has 0 radical (unpaired) electrons. The van der Waals surface area contributed by atoms with E-state index in [2.05, 4.69) is 31.2 Å². The lowest BCUT2D eigenvalue weighted by molar-refractivity contribution is 0.0694. The largest absolute Gasteiger partial charge is 0.478 e. The Morgan fingerprint density at radius 3 is 2.77 bits per heavy atom. The molecule has 0 aliphatic carbocycles. The summed E-state index contributed by atoms with van der Waals surface area (Å²) in [6.45, 7) is 3.53. The summed E-state index contributed by atoms with van der Waals surface area (Å²) >= 11 is 1.42. The van der Waals surface area contributed by atoms with Gasteiger partial charge in [-0.1, -0.05) is 42.0 Å². The molecular formula is C24H23NO4S. The number of thioether (sulfide) groups is 1. The molecule has 0 saturated carbocycles. The number of amides is 1. The first-order valence-electron chi connectivity index (χ1n) is 9.90. The van der Waals surface area contributed by atoms with E-state index in [1.165, 1.54) is 35.2 Å². The molecule has 5 nitrogen and oxygen atoms in total. The van der Waals surface area contributed by atoms with Gasteiger partial charge >= 0.3 is 5.97 Å². The molecule has 1 atom stereocenters. The molecule has 3 aromatic rings. The molecule has 154 valence electrons.